The number of hydrogen-bond acceptors (Lipinski definition) is 3. The van der Waals surface area contributed by atoms with E-state index in [1.807, 2.05) is 16.5 Å². The van der Waals surface area contributed by atoms with E-state index >= 15 is 0 Å². The van der Waals surface area contributed by atoms with Crippen LogP contribution in [0.1, 0.15) is 56.6 Å². The second-order valence-electron chi connectivity index (χ2n) is 6.83. The highest BCUT2D eigenvalue weighted by Crippen LogP contribution is 2.22. The van der Waals surface area contributed by atoms with E-state index in [1.165, 1.54) is 0 Å². The van der Waals surface area contributed by atoms with Crippen molar-refractivity contribution in [2.45, 2.75) is 59.6 Å². The van der Waals surface area contributed by atoms with Gasteiger partial charge in [0.2, 0.25) is 0 Å². The molecule has 0 spiro atoms. The minimum atomic E-state index is -0.357. The Bertz CT molecular complexity index is 508. The molecule has 1 N–H and O–H groups in total. The van der Waals surface area contributed by atoms with Crippen LogP contribution in [0.4, 0.5) is 0 Å². The summed E-state index contributed by atoms with van der Waals surface area (Å²) in [6.07, 6.45) is 4.12. The summed E-state index contributed by atoms with van der Waals surface area (Å²) in [6, 6.07) is 0. The van der Waals surface area contributed by atoms with E-state index in [4.69, 9.17) is 0 Å². The molecule has 0 bridgehead atoms. The lowest BCUT2D eigenvalue weighted by molar-refractivity contribution is 0.0465. The van der Waals surface area contributed by atoms with Crippen molar-refractivity contribution in [1.82, 2.24) is 14.7 Å². The van der Waals surface area contributed by atoms with Gasteiger partial charge in [-0.1, -0.05) is 20.8 Å². The summed E-state index contributed by atoms with van der Waals surface area (Å²) >= 11 is 0. The van der Waals surface area contributed by atoms with Crippen LogP contribution in [0.5, 0.6) is 0 Å². The Morgan fingerprint density at radius 2 is 2.18 bits per heavy atom. The third-order valence-corrected chi connectivity index (χ3v) is 4.48. The molecule has 0 radical (unpaired) electrons. The molecule has 5 heteroatoms. The number of rotatable bonds is 5. The zero-order valence-electron chi connectivity index (χ0n) is 14.2. The van der Waals surface area contributed by atoms with Crippen LogP contribution in [0, 0.1) is 11.8 Å². The Labute approximate surface area is 133 Å². The van der Waals surface area contributed by atoms with Crippen molar-refractivity contribution in [3.63, 3.8) is 0 Å². The maximum Gasteiger partial charge on any atom is 0.257 e. The van der Waals surface area contributed by atoms with Crippen LogP contribution in [0.15, 0.2) is 6.20 Å². The number of carbonyl (C=O) groups is 1. The molecule has 1 aromatic rings. The smallest absolute Gasteiger partial charge is 0.257 e. The largest absolute Gasteiger partial charge is 0.393 e. The summed E-state index contributed by atoms with van der Waals surface area (Å²) < 4.78 is 1.97. The first-order chi connectivity index (χ1) is 10.4. The first kappa shape index (κ1) is 17.0. The van der Waals surface area contributed by atoms with Gasteiger partial charge in [-0.05, 0) is 32.1 Å². The van der Waals surface area contributed by atoms with Gasteiger partial charge in [-0.3, -0.25) is 9.48 Å². The van der Waals surface area contributed by atoms with Crippen molar-refractivity contribution in [1.29, 1.82) is 0 Å². The summed E-state index contributed by atoms with van der Waals surface area (Å²) in [4.78, 5) is 14.7. The van der Waals surface area contributed by atoms with Crippen molar-refractivity contribution in [2.75, 3.05) is 13.1 Å². The number of aliphatic hydroxyl groups excluding tert-OH is 1. The van der Waals surface area contributed by atoms with Crippen molar-refractivity contribution >= 4 is 5.91 Å². The minimum absolute atomic E-state index is 0.0669. The highest BCUT2D eigenvalue weighted by atomic mass is 16.3. The maximum absolute atomic E-state index is 12.8. The van der Waals surface area contributed by atoms with E-state index in [9.17, 15) is 9.90 Å². The van der Waals surface area contributed by atoms with Gasteiger partial charge in [0.05, 0.1) is 23.6 Å². The fourth-order valence-corrected chi connectivity index (χ4v) is 3.22. The Balaban J connectivity index is 2.17. The summed E-state index contributed by atoms with van der Waals surface area (Å²) in [5.74, 6) is 0.758. The summed E-state index contributed by atoms with van der Waals surface area (Å²) in [6.45, 7) is 10.5. The second kappa shape index (κ2) is 7.27. The van der Waals surface area contributed by atoms with Gasteiger partial charge in [0, 0.05) is 25.6 Å². The lowest BCUT2D eigenvalue weighted by Gasteiger charge is -2.34. The molecule has 124 valence electrons. The first-order valence-electron chi connectivity index (χ1n) is 8.46. The molecule has 1 fully saturated rings. The molecule has 22 heavy (non-hydrogen) atoms. The van der Waals surface area contributed by atoms with E-state index in [0.29, 0.717) is 12.5 Å². The SMILES string of the molecule is CCc1c(C(=O)N2CCCC(C(C)O)C2)cnn1CC(C)C. The van der Waals surface area contributed by atoms with E-state index in [1.54, 1.807) is 6.20 Å². The summed E-state index contributed by atoms with van der Waals surface area (Å²) in [5, 5.41) is 14.2. The van der Waals surface area contributed by atoms with Crippen molar-refractivity contribution in [3.8, 4) is 0 Å². The van der Waals surface area contributed by atoms with Gasteiger partial charge in [0.15, 0.2) is 0 Å². The molecule has 1 aromatic heterocycles. The molecule has 5 nitrogen and oxygen atoms in total. The second-order valence-corrected chi connectivity index (χ2v) is 6.83. The number of nitrogens with zero attached hydrogens (tertiary/aromatic N) is 3. The first-order valence-corrected chi connectivity index (χ1v) is 8.46. The van der Waals surface area contributed by atoms with Crippen LogP contribution in [-0.2, 0) is 13.0 Å². The number of aromatic nitrogens is 2. The predicted molar refractivity (Wildman–Crippen MR) is 86.8 cm³/mol. The Morgan fingerprint density at radius 3 is 2.77 bits per heavy atom. The van der Waals surface area contributed by atoms with Gasteiger partial charge in [-0.15, -0.1) is 0 Å². The number of hydrogen-bond donors (Lipinski definition) is 1. The fourth-order valence-electron chi connectivity index (χ4n) is 3.22. The summed E-state index contributed by atoms with van der Waals surface area (Å²) in [5.41, 5.74) is 1.76. The molecule has 0 aliphatic carbocycles. The quantitative estimate of drug-likeness (QED) is 0.908. The van der Waals surface area contributed by atoms with E-state index in [-0.39, 0.29) is 17.9 Å². The zero-order valence-corrected chi connectivity index (χ0v) is 14.2. The molecular weight excluding hydrogens is 278 g/mol. The molecule has 1 aliphatic rings. The van der Waals surface area contributed by atoms with Crippen molar-refractivity contribution in [2.24, 2.45) is 11.8 Å². The lowest BCUT2D eigenvalue weighted by atomic mass is 9.93. The normalized spacial score (nSPS) is 20.5. The lowest BCUT2D eigenvalue weighted by Crippen LogP contribution is -2.43. The zero-order chi connectivity index (χ0) is 16.3. The number of aliphatic hydroxyl groups is 1. The molecule has 1 saturated heterocycles. The highest BCUT2D eigenvalue weighted by Gasteiger charge is 2.29. The molecule has 2 atom stereocenters. The molecule has 1 amide bonds. The van der Waals surface area contributed by atoms with Gasteiger partial charge >= 0.3 is 0 Å². The number of amides is 1. The van der Waals surface area contributed by atoms with Gasteiger partial charge < -0.3 is 10.0 Å². The molecular formula is C17H29N3O2. The Morgan fingerprint density at radius 1 is 1.45 bits per heavy atom. The molecule has 2 rings (SSSR count). The maximum atomic E-state index is 12.8. The number of likely N-dealkylation sites (tertiary alicyclic amines) is 1. The number of piperidine rings is 1. The van der Waals surface area contributed by atoms with Crippen LogP contribution >= 0.6 is 0 Å². The standard InChI is InChI=1S/C17H29N3O2/c1-5-16-15(9-18-20(16)10-12(2)3)17(22)19-8-6-7-14(11-19)13(4)21/h9,12-14,21H,5-8,10-11H2,1-4H3. The molecule has 0 saturated carbocycles. The Kier molecular flexibility index (Phi) is 5.62. The third kappa shape index (κ3) is 3.69. The number of carbonyl (C=O) groups excluding carboxylic acids is 1. The topological polar surface area (TPSA) is 58.4 Å². The fraction of sp³-hybridized carbons (Fsp3) is 0.765. The monoisotopic (exact) mass is 307 g/mol. The van der Waals surface area contributed by atoms with E-state index in [0.717, 1.165) is 43.6 Å². The van der Waals surface area contributed by atoms with E-state index < -0.39 is 0 Å². The van der Waals surface area contributed by atoms with Crippen LogP contribution in [0.3, 0.4) is 0 Å². The highest BCUT2D eigenvalue weighted by molar-refractivity contribution is 5.95. The van der Waals surface area contributed by atoms with Gasteiger partial charge in [0.1, 0.15) is 0 Å². The van der Waals surface area contributed by atoms with Crippen molar-refractivity contribution < 1.29 is 9.90 Å². The van der Waals surface area contributed by atoms with Crippen molar-refractivity contribution in [3.05, 3.63) is 17.5 Å². The molecule has 0 aromatic carbocycles. The minimum Gasteiger partial charge on any atom is -0.393 e. The van der Waals surface area contributed by atoms with Crippen LogP contribution in [0.25, 0.3) is 0 Å². The molecule has 2 heterocycles. The summed E-state index contributed by atoms with van der Waals surface area (Å²) in [7, 11) is 0. The van der Waals surface area contributed by atoms with Gasteiger partial charge in [-0.2, -0.15) is 5.10 Å². The average Bonchev–Trinajstić information content (AvgIpc) is 2.88. The molecule has 2 unspecified atom stereocenters. The third-order valence-electron chi connectivity index (χ3n) is 4.48. The van der Waals surface area contributed by atoms with Crippen LogP contribution in [-0.4, -0.2) is 44.9 Å². The van der Waals surface area contributed by atoms with E-state index in [2.05, 4.69) is 25.9 Å². The molecule has 1 aliphatic heterocycles. The van der Waals surface area contributed by atoms with Gasteiger partial charge in [-0.25, -0.2) is 0 Å². The van der Waals surface area contributed by atoms with Crippen LogP contribution in [0.2, 0.25) is 0 Å². The average molecular weight is 307 g/mol. The predicted octanol–water partition coefficient (Wildman–Crippen LogP) is 2.33. The Hall–Kier alpha value is -1.36. The van der Waals surface area contributed by atoms with Gasteiger partial charge in [0.25, 0.3) is 5.91 Å². The van der Waals surface area contributed by atoms with Crippen LogP contribution < -0.4 is 0 Å².